The molecule has 0 aromatic carbocycles. The van der Waals surface area contributed by atoms with E-state index in [2.05, 4.69) is 26.7 Å². The van der Waals surface area contributed by atoms with Gasteiger partial charge < -0.3 is 4.90 Å². The molecule has 3 nitrogen and oxygen atoms in total. The maximum Gasteiger partial charge on any atom is 0.225 e. The Kier molecular flexibility index (Phi) is 2.42. The van der Waals surface area contributed by atoms with Crippen molar-refractivity contribution in [1.29, 1.82) is 0 Å². The molecule has 0 atom stereocenters. The molecule has 2 rings (SSSR count). The molecule has 0 saturated carbocycles. The highest BCUT2D eigenvalue weighted by molar-refractivity contribution is 5.30. The van der Waals surface area contributed by atoms with E-state index >= 15 is 0 Å². The van der Waals surface area contributed by atoms with Gasteiger partial charge in [0.05, 0.1) is 0 Å². The molecule has 1 aromatic heterocycles. The molecule has 0 fully saturated rings. The van der Waals surface area contributed by atoms with Crippen molar-refractivity contribution < 1.29 is 0 Å². The first-order chi connectivity index (χ1) is 6.47. The van der Waals surface area contributed by atoms with Crippen molar-refractivity contribution >= 4 is 5.95 Å². The average molecular weight is 173 g/mol. The zero-order chi connectivity index (χ0) is 8.93. The number of anilines is 1. The molecule has 1 aliphatic rings. The van der Waals surface area contributed by atoms with E-state index < -0.39 is 0 Å². The van der Waals surface area contributed by atoms with Crippen molar-refractivity contribution in [3.63, 3.8) is 0 Å². The Morgan fingerprint density at radius 2 is 1.69 bits per heavy atom. The van der Waals surface area contributed by atoms with Crippen LogP contribution in [-0.4, -0.2) is 23.1 Å². The summed E-state index contributed by atoms with van der Waals surface area (Å²) in [6, 6.07) is 1.83. The quantitative estimate of drug-likeness (QED) is 0.595. The Bertz CT molecular complexity index is 311. The van der Waals surface area contributed by atoms with Crippen LogP contribution in [0.1, 0.15) is 12.8 Å². The molecular weight excluding hydrogens is 162 g/mol. The van der Waals surface area contributed by atoms with Crippen LogP contribution in [-0.2, 0) is 0 Å². The molecule has 0 spiro atoms. The minimum absolute atomic E-state index is 0.813. The summed E-state index contributed by atoms with van der Waals surface area (Å²) in [5, 5.41) is 0. The van der Waals surface area contributed by atoms with Crippen molar-refractivity contribution in [2.45, 2.75) is 12.8 Å². The van der Waals surface area contributed by atoms with Gasteiger partial charge in [0.25, 0.3) is 0 Å². The minimum atomic E-state index is 0.813. The summed E-state index contributed by atoms with van der Waals surface area (Å²) in [6.07, 6.45) is 5.37. The minimum Gasteiger partial charge on any atom is -0.339 e. The van der Waals surface area contributed by atoms with E-state index in [1.807, 2.05) is 6.07 Å². The number of hydrogen-bond donors (Lipinski definition) is 0. The second-order valence-electron chi connectivity index (χ2n) is 2.89. The van der Waals surface area contributed by atoms with Gasteiger partial charge in [-0.2, -0.15) is 0 Å². The smallest absolute Gasteiger partial charge is 0.225 e. The van der Waals surface area contributed by atoms with Crippen molar-refractivity contribution in [2.24, 2.45) is 0 Å². The molecule has 2 heterocycles. The highest BCUT2D eigenvalue weighted by atomic mass is 15.2. The van der Waals surface area contributed by atoms with Crippen LogP contribution in [0.5, 0.6) is 0 Å². The van der Waals surface area contributed by atoms with Crippen LogP contribution in [0.3, 0.4) is 0 Å². The Hall–Kier alpha value is -1.56. The Morgan fingerprint density at radius 1 is 1.08 bits per heavy atom. The van der Waals surface area contributed by atoms with Crippen molar-refractivity contribution in [1.82, 2.24) is 9.97 Å². The summed E-state index contributed by atoms with van der Waals surface area (Å²) in [7, 11) is 0. The number of hydrogen-bond acceptors (Lipinski definition) is 3. The summed E-state index contributed by atoms with van der Waals surface area (Å²) < 4.78 is 0. The average Bonchev–Trinajstić information content (AvgIpc) is 2.47. The molecule has 0 bridgehead atoms. The summed E-state index contributed by atoms with van der Waals surface area (Å²) in [5.74, 6) is 7.01. The topological polar surface area (TPSA) is 29.0 Å². The monoisotopic (exact) mass is 173 g/mol. The van der Waals surface area contributed by atoms with Gasteiger partial charge in [0, 0.05) is 38.3 Å². The maximum absolute atomic E-state index is 4.20. The number of aromatic nitrogens is 2. The summed E-state index contributed by atoms with van der Waals surface area (Å²) in [6.45, 7) is 1.88. The molecule has 13 heavy (non-hydrogen) atoms. The van der Waals surface area contributed by atoms with Gasteiger partial charge in [-0.25, -0.2) is 9.97 Å². The molecule has 0 aliphatic carbocycles. The van der Waals surface area contributed by atoms with Gasteiger partial charge in [0.1, 0.15) is 0 Å². The predicted octanol–water partition coefficient (Wildman–Crippen LogP) is 1.08. The molecule has 0 amide bonds. The van der Waals surface area contributed by atoms with E-state index in [-0.39, 0.29) is 0 Å². The molecule has 0 saturated heterocycles. The third-order valence-electron chi connectivity index (χ3n) is 1.97. The molecule has 66 valence electrons. The van der Waals surface area contributed by atoms with Gasteiger partial charge in [-0.1, -0.05) is 0 Å². The van der Waals surface area contributed by atoms with Crippen molar-refractivity contribution in [3.05, 3.63) is 18.5 Å². The first-order valence-electron chi connectivity index (χ1n) is 4.44. The molecular formula is C10H11N3. The van der Waals surface area contributed by atoms with E-state index in [0.29, 0.717) is 0 Å². The SMILES string of the molecule is C1#CCCN(c2ncccn2)CC1. The number of nitrogens with zero attached hydrogens (tertiary/aromatic N) is 3. The van der Waals surface area contributed by atoms with E-state index in [1.165, 1.54) is 0 Å². The highest BCUT2D eigenvalue weighted by Gasteiger charge is 2.08. The first-order valence-corrected chi connectivity index (χ1v) is 4.44. The number of rotatable bonds is 1. The van der Waals surface area contributed by atoms with E-state index in [4.69, 9.17) is 0 Å². The van der Waals surface area contributed by atoms with Gasteiger partial charge >= 0.3 is 0 Å². The first kappa shape index (κ1) is 8.06. The second-order valence-corrected chi connectivity index (χ2v) is 2.89. The van der Waals surface area contributed by atoms with Crippen molar-refractivity contribution in [2.75, 3.05) is 18.0 Å². The lowest BCUT2D eigenvalue weighted by molar-refractivity contribution is 0.781. The van der Waals surface area contributed by atoms with Crippen LogP contribution >= 0.6 is 0 Å². The maximum atomic E-state index is 4.20. The second kappa shape index (κ2) is 3.90. The van der Waals surface area contributed by atoms with Crippen LogP contribution in [0, 0.1) is 11.8 Å². The summed E-state index contributed by atoms with van der Waals surface area (Å²) in [4.78, 5) is 10.6. The van der Waals surface area contributed by atoms with E-state index in [9.17, 15) is 0 Å². The van der Waals surface area contributed by atoms with Gasteiger partial charge in [-0.05, 0) is 6.07 Å². The van der Waals surface area contributed by atoms with Crippen LogP contribution in [0.4, 0.5) is 5.95 Å². The third-order valence-corrected chi connectivity index (χ3v) is 1.97. The lowest BCUT2D eigenvalue weighted by Gasteiger charge is -2.18. The predicted molar refractivity (Wildman–Crippen MR) is 51.3 cm³/mol. The Morgan fingerprint density at radius 3 is 2.31 bits per heavy atom. The van der Waals surface area contributed by atoms with E-state index in [1.54, 1.807) is 12.4 Å². The van der Waals surface area contributed by atoms with Crippen LogP contribution in [0.25, 0.3) is 0 Å². The lowest BCUT2D eigenvalue weighted by Crippen LogP contribution is -2.26. The van der Waals surface area contributed by atoms with Crippen molar-refractivity contribution in [3.8, 4) is 11.8 Å². The normalized spacial score (nSPS) is 15.8. The largest absolute Gasteiger partial charge is 0.339 e. The molecule has 1 aliphatic heterocycles. The van der Waals surface area contributed by atoms with Gasteiger partial charge in [0.15, 0.2) is 0 Å². The molecule has 1 aromatic rings. The fourth-order valence-corrected chi connectivity index (χ4v) is 1.32. The summed E-state index contributed by atoms with van der Waals surface area (Å²) in [5.41, 5.74) is 0. The molecule has 0 unspecified atom stereocenters. The van der Waals surface area contributed by atoms with E-state index in [0.717, 1.165) is 31.9 Å². The third kappa shape index (κ3) is 1.97. The fourth-order valence-electron chi connectivity index (χ4n) is 1.32. The standard InChI is InChI=1S/C10H11N3/c1-2-4-9-13(8-3-1)10-11-6-5-7-12-10/h5-7H,3-4,8-9H2. The Balaban J connectivity index is 2.09. The van der Waals surface area contributed by atoms with Crippen LogP contribution in [0.15, 0.2) is 18.5 Å². The molecule has 0 N–H and O–H groups in total. The highest BCUT2D eigenvalue weighted by Crippen LogP contribution is 2.07. The van der Waals surface area contributed by atoms with Gasteiger partial charge in [-0.15, -0.1) is 11.8 Å². The van der Waals surface area contributed by atoms with Gasteiger partial charge in [0.2, 0.25) is 5.95 Å². The van der Waals surface area contributed by atoms with Crippen LogP contribution in [0.2, 0.25) is 0 Å². The summed E-state index contributed by atoms with van der Waals surface area (Å²) >= 11 is 0. The lowest BCUT2D eigenvalue weighted by atomic mass is 10.4. The molecule has 0 radical (unpaired) electrons. The zero-order valence-corrected chi connectivity index (χ0v) is 7.40. The zero-order valence-electron chi connectivity index (χ0n) is 7.40. The Labute approximate surface area is 77.8 Å². The van der Waals surface area contributed by atoms with Crippen LogP contribution < -0.4 is 4.90 Å². The fraction of sp³-hybridized carbons (Fsp3) is 0.400. The molecule has 3 heteroatoms. The van der Waals surface area contributed by atoms with Gasteiger partial charge in [-0.3, -0.25) is 0 Å².